The lowest BCUT2D eigenvalue weighted by atomic mass is 10.0. The van der Waals surface area contributed by atoms with E-state index in [0.717, 1.165) is 5.39 Å². The maximum atomic E-state index is 12.9. The molecule has 0 radical (unpaired) electrons. The number of amides is 1. The Kier molecular flexibility index (Phi) is 5.30. The van der Waals surface area contributed by atoms with Gasteiger partial charge < -0.3 is 10.3 Å². The van der Waals surface area contributed by atoms with E-state index < -0.39 is 30.1 Å². The lowest BCUT2D eigenvalue weighted by Crippen LogP contribution is -2.34. The number of aromatic nitrogens is 1. The average molecular weight is 374 g/mol. The number of hydrogen-bond acceptors (Lipinski definition) is 2. The molecule has 0 spiro atoms. The predicted molar refractivity (Wildman–Crippen MR) is 96.3 cm³/mol. The first-order valence-corrected chi connectivity index (χ1v) is 8.34. The van der Waals surface area contributed by atoms with Crippen LogP contribution in [0, 0.1) is 0 Å². The number of nitrogens with one attached hydrogen (secondary N) is 2. The Balaban J connectivity index is 1.80. The summed E-state index contributed by atoms with van der Waals surface area (Å²) in [7, 11) is 0. The minimum absolute atomic E-state index is 0.199. The normalized spacial score (nSPS) is 12.7. The molecule has 140 valence electrons. The zero-order valence-corrected chi connectivity index (χ0v) is 14.2. The minimum Gasteiger partial charge on any atom is -0.349 e. The van der Waals surface area contributed by atoms with Gasteiger partial charge in [0.15, 0.2) is 0 Å². The van der Waals surface area contributed by atoms with Gasteiger partial charge in [-0.1, -0.05) is 48.5 Å². The van der Waals surface area contributed by atoms with Crippen molar-refractivity contribution in [2.24, 2.45) is 0 Å². The predicted octanol–water partition coefficient (Wildman–Crippen LogP) is 3.88. The SMILES string of the molecule is O=C(Cc1cc2ccccc2[nH]c1=O)N[C@@H](CC(F)(F)F)c1ccccc1. The number of para-hydroxylation sites is 1. The number of fused-ring (bicyclic) bond motifs is 1. The molecule has 0 aliphatic carbocycles. The lowest BCUT2D eigenvalue weighted by molar-refractivity contribution is -0.142. The number of hydrogen-bond donors (Lipinski definition) is 2. The van der Waals surface area contributed by atoms with Crippen LogP contribution < -0.4 is 10.9 Å². The highest BCUT2D eigenvalue weighted by Crippen LogP contribution is 2.29. The van der Waals surface area contributed by atoms with Gasteiger partial charge in [-0.2, -0.15) is 13.2 Å². The molecule has 0 bridgehead atoms. The zero-order chi connectivity index (χ0) is 19.4. The third kappa shape index (κ3) is 4.97. The fraction of sp³-hybridized carbons (Fsp3) is 0.200. The molecule has 0 saturated carbocycles. The smallest absolute Gasteiger partial charge is 0.349 e. The monoisotopic (exact) mass is 374 g/mol. The quantitative estimate of drug-likeness (QED) is 0.712. The van der Waals surface area contributed by atoms with E-state index in [-0.39, 0.29) is 12.0 Å². The molecule has 3 rings (SSSR count). The van der Waals surface area contributed by atoms with Crippen LogP contribution in [0.4, 0.5) is 13.2 Å². The van der Waals surface area contributed by atoms with Crippen LogP contribution in [-0.2, 0) is 11.2 Å². The van der Waals surface area contributed by atoms with Crippen molar-refractivity contribution in [1.82, 2.24) is 10.3 Å². The van der Waals surface area contributed by atoms with E-state index in [1.807, 2.05) is 0 Å². The Bertz CT molecular complexity index is 997. The highest BCUT2D eigenvalue weighted by Gasteiger charge is 2.33. The van der Waals surface area contributed by atoms with Crippen molar-refractivity contribution >= 4 is 16.8 Å². The van der Waals surface area contributed by atoms with E-state index in [1.165, 1.54) is 12.1 Å². The molecule has 0 unspecified atom stereocenters. The van der Waals surface area contributed by atoms with Gasteiger partial charge >= 0.3 is 6.18 Å². The summed E-state index contributed by atoms with van der Waals surface area (Å²) in [5, 5.41) is 3.15. The van der Waals surface area contributed by atoms with Gasteiger partial charge in [0, 0.05) is 11.1 Å². The third-order valence-corrected chi connectivity index (χ3v) is 4.15. The van der Waals surface area contributed by atoms with E-state index in [2.05, 4.69) is 10.3 Å². The minimum atomic E-state index is -4.44. The second kappa shape index (κ2) is 7.65. The summed E-state index contributed by atoms with van der Waals surface area (Å²) in [5.74, 6) is -0.645. The van der Waals surface area contributed by atoms with Gasteiger partial charge in [0.2, 0.25) is 5.91 Å². The molecule has 4 nitrogen and oxygen atoms in total. The number of aromatic amines is 1. The molecule has 0 aliphatic heterocycles. The summed E-state index contributed by atoms with van der Waals surface area (Å²) in [6, 6.07) is 15.4. The summed E-state index contributed by atoms with van der Waals surface area (Å²) in [6.45, 7) is 0. The Morgan fingerprint density at radius 2 is 1.70 bits per heavy atom. The number of carbonyl (C=O) groups excluding carboxylic acids is 1. The molecule has 2 aromatic carbocycles. The molecule has 0 fully saturated rings. The lowest BCUT2D eigenvalue weighted by Gasteiger charge is -2.20. The number of halogens is 3. The van der Waals surface area contributed by atoms with Gasteiger partial charge in [-0.15, -0.1) is 0 Å². The van der Waals surface area contributed by atoms with Gasteiger partial charge in [0.25, 0.3) is 5.56 Å². The number of carbonyl (C=O) groups is 1. The second-order valence-corrected chi connectivity index (χ2v) is 6.24. The first kappa shape index (κ1) is 18.7. The fourth-order valence-corrected chi connectivity index (χ4v) is 2.91. The zero-order valence-electron chi connectivity index (χ0n) is 14.2. The molecule has 27 heavy (non-hydrogen) atoms. The van der Waals surface area contributed by atoms with Crippen LogP contribution in [0.1, 0.15) is 23.6 Å². The van der Waals surface area contributed by atoms with Crippen molar-refractivity contribution < 1.29 is 18.0 Å². The molecule has 1 heterocycles. The molecule has 1 amide bonds. The Labute approximate surface area is 153 Å². The van der Waals surface area contributed by atoms with Crippen LogP contribution in [0.25, 0.3) is 10.9 Å². The van der Waals surface area contributed by atoms with E-state index in [0.29, 0.717) is 11.1 Å². The van der Waals surface area contributed by atoms with Gasteiger partial charge in [-0.3, -0.25) is 9.59 Å². The molecule has 2 N–H and O–H groups in total. The number of rotatable bonds is 5. The molecule has 3 aromatic rings. The summed E-state index contributed by atoms with van der Waals surface area (Å²) in [5.41, 5.74) is 0.752. The van der Waals surface area contributed by atoms with E-state index >= 15 is 0 Å². The first-order valence-electron chi connectivity index (χ1n) is 8.34. The van der Waals surface area contributed by atoms with E-state index in [4.69, 9.17) is 0 Å². The topological polar surface area (TPSA) is 62.0 Å². The highest BCUT2D eigenvalue weighted by molar-refractivity contribution is 5.82. The molecule has 0 aliphatic rings. The van der Waals surface area contributed by atoms with Gasteiger partial charge in [0.05, 0.1) is 18.9 Å². The van der Waals surface area contributed by atoms with Crippen LogP contribution >= 0.6 is 0 Å². The van der Waals surface area contributed by atoms with Crippen LogP contribution in [0.3, 0.4) is 0 Å². The largest absolute Gasteiger partial charge is 0.391 e. The maximum Gasteiger partial charge on any atom is 0.391 e. The standard InChI is InChI=1S/C20H17F3N2O2/c21-20(22,23)12-17(13-6-2-1-3-7-13)24-18(26)11-15-10-14-8-4-5-9-16(14)25-19(15)27/h1-10,17H,11-12H2,(H,24,26)(H,25,27)/t17-/m0/s1. The molecule has 7 heteroatoms. The molecule has 1 atom stereocenters. The fourth-order valence-electron chi connectivity index (χ4n) is 2.91. The highest BCUT2D eigenvalue weighted by atomic mass is 19.4. The number of benzene rings is 2. The van der Waals surface area contributed by atoms with Crippen LogP contribution in [0.2, 0.25) is 0 Å². The van der Waals surface area contributed by atoms with Gasteiger partial charge in [-0.25, -0.2) is 0 Å². The van der Waals surface area contributed by atoms with Gasteiger partial charge in [0.1, 0.15) is 0 Å². The average Bonchev–Trinajstić information content (AvgIpc) is 2.61. The van der Waals surface area contributed by atoms with Crippen molar-refractivity contribution in [1.29, 1.82) is 0 Å². The van der Waals surface area contributed by atoms with E-state index in [9.17, 15) is 22.8 Å². The van der Waals surface area contributed by atoms with Crippen molar-refractivity contribution in [2.45, 2.75) is 25.1 Å². The van der Waals surface area contributed by atoms with Crippen molar-refractivity contribution in [3.8, 4) is 0 Å². The summed E-state index contributed by atoms with van der Waals surface area (Å²) < 4.78 is 38.7. The number of pyridine rings is 1. The summed E-state index contributed by atoms with van der Waals surface area (Å²) in [4.78, 5) is 27.1. The van der Waals surface area contributed by atoms with Crippen molar-refractivity contribution in [3.05, 3.63) is 82.1 Å². The number of alkyl halides is 3. The Hall–Kier alpha value is -3.09. The summed E-state index contributed by atoms with van der Waals surface area (Å²) >= 11 is 0. The van der Waals surface area contributed by atoms with Crippen LogP contribution in [-0.4, -0.2) is 17.1 Å². The second-order valence-electron chi connectivity index (χ2n) is 6.24. The third-order valence-electron chi connectivity index (χ3n) is 4.15. The van der Waals surface area contributed by atoms with Crippen molar-refractivity contribution in [2.75, 3.05) is 0 Å². The number of H-pyrrole nitrogens is 1. The van der Waals surface area contributed by atoms with Crippen molar-refractivity contribution in [3.63, 3.8) is 0 Å². The van der Waals surface area contributed by atoms with Crippen LogP contribution in [0.15, 0.2) is 65.5 Å². The van der Waals surface area contributed by atoms with Crippen LogP contribution in [0.5, 0.6) is 0 Å². The molecular weight excluding hydrogens is 357 g/mol. The van der Waals surface area contributed by atoms with Gasteiger partial charge in [-0.05, 0) is 23.1 Å². The van der Waals surface area contributed by atoms with E-state index in [1.54, 1.807) is 48.5 Å². The molecular formula is C20H17F3N2O2. The first-order chi connectivity index (χ1) is 12.8. The Morgan fingerprint density at radius 3 is 2.41 bits per heavy atom. The molecule has 0 saturated heterocycles. The molecule has 1 aromatic heterocycles. The summed E-state index contributed by atoms with van der Waals surface area (Å²) in [6.07, 6.45) is -5.92. The maximum absolute atomic E-state index is 12.9. The Morgan fingerprint density at radius 1 is 1.04 bits per heavy atom.